The maximum absolute atomic E-state index is 13.4. The standard InChI is InChI=1S/C15H20FN3O/c16-10-3-6-14(13(8-10)15(17)20)19(12-4-5-12)9-11-2-1-7-18-11/h3,6,8,11-12,18H,1-2,4-5,7,9H2,(H2,17,20). The van der Waals surface area contributed by atoms with Gasteiger partial charge in [0.1, 0.15) is 5.82 Å². The van der Waals surface area contributed by atoms with E-state index < -0.39 is 11.7 Å². The molecule has 1 aliphatic heterocycles. The number of anilines is 1. The predicted molar refractivity (Wildman–Crippen MR) is 76.3 cm³/mol. The number of carbonyl (C=O) groups excluding carboxylic acids is 1. The summed E-state index contributed by atoms with van der Waals surface area (Å²) >= 11 is 0. The van der Waals surface area contributed by atoms with Crippen molar-refractivity contribution in [3.05, 3.63) is 29.6 Å². The number of amides is 1. The summed E-state index contributed by atoms with van der Waals surface area (Å²) in [4.78, 5) is 13.8. The zero-order valence-corrected chi connectivity index (χ0v) is 11.4. The van der Waals surface area contributed by atoms with Crippen LogP contribution in [0, 0.1) is 5.82 Å². The Bertz CT molecular complexity index is 510. The first kappa shape index (κ1) is 13.4. The number of rotatable bonds is 5. The van der Waals surface area contributed by atoms with Crippen LogP contribution in [0.1, 0.15) is 36.0 Å². The summed E-state index contributed by atoms with van der Waals surface area (Å²) in [5.41, 5.74) is 6.46. The molecule has 1 aromatic carbocycles. The number of hydrogen-bond donors (Lipinski definition) is 2. The number of carbonyl (C=O) groups is 1. The first-order valence-corrected chi connectivity index (χ1v) is 7.24. The molecule has 1 saturated heterocycles. The van der Waals surface area contributed by atoms with Gasteiger partial charge in [0.2, 0.25) is 0 Å². The highest BCUT2D eigenvalue weighted by Crippen LogP contribution is 2.34. The maximum Gasteiger partial charge on any atom is 0.250 e. The average Bonchev–Trinajstić information content (AvgIpc) is 3.13. The molecule has 1 aromatic rings. The third-order valence-corrected chi connectivity index (χ3v) is 4.10. The molecular weight excluding hydrogens is 257 g/mol. The lowest BCUT2D eigenvalue weighted by Gasteiger charge is -2.29. The van der Waals surface area contributed by atoms with E-state index in [4.69, 9.17) is 5.73 Å². The van der Waals surface area contributed by atoms with Crippen molar-refractivity contribution in [3.63, 3.8) is 0 Å². The van der Waals surface area contributed by atoms with Crippen molar-refractivity contribution in [2.24, 2.45) is 5.73 Å². The highest BCUT2D eigenvalue weighted by atomic mass is 19.1. The van der Waals surface area contributed by atoms with Crippen LogP contribution in [0.5, 0.6) is 0 Å². The molecule has 0 radical (unpaired) electrons. The fourth-order valence-electron chi connectivity index (χ4n) is 2.94. The summed E-state index contributed by atoms with van der Waals surface area (Å²) in [6, 6.07) is 5.24. The Morgan fingerprint density at radius 2 is 2.20 bits per heavy atom. The van der Waals surface area contributed by atoms with Crippen LogP contribution >= 0.6 is 0 Å². The van der Waals surface area contributed by atoms with Gasteiger partial charge in [0.25, 0.3) is 5.91 Å². The van der Waals surface area contributed by atoms with Crippen LogP contribution in [0.15, 0.2) is 18.2 Å². The van der Waals surface area contributed by atoms with Crippen LogP contribution in [-0.2, 0) is 0 Å². The minimum Gasteiger partial charge on any atom is -0.366 e. The molecule has 20 heavy (non-hydrogen) atoms. The zero-order valence-electron chi connectivity index (χ0n) is 11.4. The van der Waals surface area contributed by atoms with Gasteiger partial charge in [0.15, 0.2) is 0 Å². The SMILES string of the molecule is NC(=O)c1cc(F)ccc1N(CC1CCCN1)C1CC1. The third kappa shape index (κ3) is 2.77. The van der Waals surface area contributed by atoms with E-state index in [0.29, 0.717) is 12.1 Å². The predicted octanol–water partition coefficient (Wildman–Crippen LogP) is 1.65. The van der Waals surface area contributed by atoms with Gasteiger partial charge in [-0.05, 0) is 50.4 Å². The average molecular weight is 277 g/mol. The van der Waals surface area contributed by atoms with Crippen LogP contribution in [-0.4, -0.2) is 31.1 Å². The first-order chi connectivity index (χ1) is 9.65. The third-order valence-electron chi connectivity index (χ3n) is 4.10. The summed E-state index contributed by atoms with van der Waals surface area (Å²) in [5.74, 6) is -0.984. The second-order valence-corrected chi connectivity index (χ2v) is 5.70. The lowest BCUT2D eigenvalue weighted by atomic mass is 10.1. The highest BCUT2D eigenvalue weighted by Gasteiger charge is 2.33. The Balaban J connectivity index is 1.88. The second kappa shape index (κ2) is 5.40. The van der Waals surface area contributed by atoms with Gasteiger partial charge in [-0.2, -0.15) is 0 Å². The molecule has 3 rings (SSSR count). The summed E-state index contributed by atoms with van der Waals surface area (Å²) in [7, 11) is 0. The number of nitrogens with zero attached hydrogens (tertiary/aromatic N) is 1. The fourth-order valence-corrected chi connectivity index (χ4v) is 2.94. The van der Waals surface area contributed by atoms with Gasteiger partial charge >= 0.3 is 0 Å². The van der Waals surface area contributed by atoms with E-state index in [1.807, 2.05) is 0 Å². The monoisotopic (exact) mass is 277 g/mol. The summed E-state index contributed by atoms with van der Waals surface area (Å²) in [6.45, 7) is 1.91. The maximum atomic E-state index is 13.4. The van der Waals surface area contributed by atoms with Gasteiger partial charge in [-0.25, -0.2) is 4.39 Å². The molecule has 1 aliphatic carbocycles. The van der Waals surface area contributed by atoms with Crippen LogP contribution in [0.3, 0.4) is 0 Å². The Kier molecular flexibility index (Phi) is 3.61. The van der Waals surface area contributed by atoms with E-state index in [0.717, 1.165) is 38.0 Å². The van der Waals surface area contributed by atoms with Crippen molar-refractivity contribution in [1.82, 2.24) is 5.32 Å². The molecule has 5 heteroatoms. The quantitative estimate of drug-likeness (QED) is 0.860. The number of nitrogens with two attached hydrogens (primary N) is 1. The molecule has 1 heterocycles. The van der Waals surface area contributed by atoms with Gasteiger partial charge in [-0.1, -0.05) is 0 Å². The smallest absolute Gasteiger partial charge is 0.250 e. The molecule has 4 nitrogen and oxygen atoms in total. The first-order valence-electron chi connectivity index (χ1n) is 7.24. The number of nitrogens with one attached hydrogen (secondary N) is 1. The van der Waals surface area contributed by atoms with E-state index in [1.165, 1.54) is 18.6 Å². The van der Waals surface area contributed by atoms with Crippen LogP contribution in [0.25, 0.3) is 0 Å². The Morgan fingerprint density at radius 1 is 1.40 bits per heavy atom. The number of halogens is 1. The summed E-state index contributed by atoms with van der Waals surface area (Å²) in [5, 5.41) is 3.47. The molecule has 2 fully saturated rings. The van der Waals surface area contributed by atoms with Crippen molar-refractivity contribution >= 4 is 11.6 Å². The van der Waals surface area contributed by atoms with E-state index in [1.54, 1.807) is 6.07 Å². The summed E-state index contributed by atoms with van der Waals surface area (Å²) < 4.78 is 13.4. The minimum absolute atomic E-state index is 0.287. The normalized spacial score (nSPS) is 21.9. The number of benzene rings is 1. The van der Waals surface area contributed by atoms with Gasteiger partial charge in [0.05, 0.1) is 11.3 Å². The van der Waals surface area contributed by atoms with Crippen LogP contribution in [0.2, 0.25) is 0 Å². The van der Waals surface area contributed by atoms with Crippen LogP contribution < -0.4 is 16.0 Å². The van der Waals surface area contributed by atoms with Crippen molar-refractivity contribution < 1.29 is 9.18 Å². The second-order valence-electron chi connectivity index (χ2n) is 5.70. The molecular formula is C15H20FN3O. The van der Waals surface area contributed by atoms with Crippen molar-refractivity contribution in [1.29, 1.82) is 0 Å². The molecule has 3 N–H and O–H groups in total. The molecule has 0 aromatic heterocycles. The van der Waals surface area contributed by atoms with Gasteiger partial charge in [-0.3, -0.25) is 4.79 Å². The largest absolute Gasteiger partial charge is 0.366 e. The Morgan fingerprint density at radius 3 is 2.80 bits per heavy atom. The van der Waals surface area contributed by atoms with Crippen molar-refractivity contribution in [3.8, 4) is 0 Å². The number of hydrogen-bond acceptors (Lipinski definition) is 3. The molecule has 0 bridgehead atoms. The minimum atomic E-state index is -0.565. The molecule has 1 unspecified atom stereocenters. The lowest BCUT2D eigenvalue weighted by molar-refractivity contribution is 0.1000. The Hall–Kier alpha value is -1.62. The lowest BCUT2D eigenvalue weighted by Crippen LogP contribution is -2.39. The van der Waals surface area contributed by atoms with Gasteiger partial charge < -0.3 is 16.0 Å². The van der Waals surface area contributed by atoms with Gasteiger partial charge in [-0.15, -0.1) is 0 Å². The van der Waals surface area contributed by atoms with E-state index in [-0.39, 0.29) is 5.56 Å². The Labute approximate surface area is 118 Å². The molecule has 1 saturated carbocycles. The fraction of sp³-hybridized carbons (Fsp3) is 0.533. The van der Waals surface area contributed by atoms with E-state index >= 15 is 0 Å². The van der Waals surface area contributed by atoms with E-state index in [9.17, 15) is 9.18 Å². The molecule has 108 valence electrons. The molecule has 2 aliphatic rings. The zero-order chi connectivity index (χ0) is 14.1. The van der Waals surface area contributed by atoms with Crippen molar-refractivity contribution in [2.45, 2.75) is 37.8 Å². The molecule has 1 atom stereocenters. The topological polar surface area (TPSA) is 58.4 Å². The van der Waals surface area contributed by atoms with Crippen LogP contribution in [0.4, 0.5) is 10.1 Å². The van der Waals surface area contributed by atoms with Gasteiger partial charge in [0, 0.05) is 18.6 Å². The van der Waals surface area contributed by atoms with Crippen molar-refractivity contribution in [2.75, 3.05) is 18.0 Å². The van der Waals surface area contributed by atoms with E-state index in [2.05, 4.69) is 10.2 Å². The number of primary amides is 1. The molecule has 0 spiro atoms. The summed E-state index contributed by atoms with van der Waals surface area (Å²) in [6.07, 6.45) is 4.59. The highest BCUT2D eigenvalue weighted by molar-refractivity contribution is 5.98. The molecule has 1 amide bonds.